The average Bonchev–Trinajstić information content (AvgIpc) is 2.50. The predicted octanol–water partition coefficient (Wildman–Crippen LogP) is 3.40. The molecule has 0 radical (unpaired) electrons. The summed E-state index contributed by atoms with van der Waals surface area (Å²) in [7, 11) is 0. The highest BCUT2D eigenvalue weighted by Crippen LogP contribution is 2.21. The van der Waals surface area contributed by atoms with Crippen LogP contribution in [-0.4, -0.2) is 28.0 Å². The summed E-state index contributed by atoms with van der Waals surface area (Å²) in [6.45, 7) is 11.1. The zero-order valence-corrected chi connectivity index (χ0v) is 16.7. The van der Waals surface area contributed by atoms with Crippen molar-refractivity contribution >= 4 is 28.6 Å². The van der Waals surface area contributed by atoms with Gasteiger partial charge in [-0.15, -0.1) is 0 Å². The molecule has 0 unspecified atom stereocenters. The molecule has 1 aromatic carbocycles. The molecule has 0 bridgehead atoms. The van der Waals surface area contributed by atoms with E-state index in [2.05, 4.69) is 10.3 Å². The smallest absolute Gasteiger partial charge is 0.353 e. The second-order valence-corrected chi connectivity index (χ2v) is 8.28. The Balaban J connectivity index is 2.44. The molecule has 1 N–H and O–H groups in total. The number of benzene rings is 1. The fraction of sp³-hybridized carbons (Fsp3) is 0.421. The van der Waals surface area contributed by atoms with E-state index in [1.54, 1.807) is 0 Å². The number of non-ortho nitro benzene ring substituents is 1. The Morgan fingerprint density at radius 1 is 1.18 bits per heavy atom. The summed E-state index contributed by atoms with van der Waals surface area (Å²) in [5, 5.41) is 14.2. The quantitative estimate of drug-likeness (QED) is 0.208. The fourth-order valence-electron chi connectivity index (χ4n) is 2.21. The molecule has 0 spiro atoms. The van der Waals surface area contributed by atoms with E-state index < -0.39 is 27.6 Å². The standard InChI is InChI=1S/C19H23N3O6/c1-18(2,3)20-17(21-19(4,5)6)28-16(24)13-10-11-9-12(22(25)26)7-8-14(11)27-15(13)23/h7-10H,1-6H3,(H,20,21). The molecule has 9 nitrogen and oxygen atoms in total. The molecule has 2 aromatic rings. The van der Waals surface area contributed by atoms with Gasteiger partial charge in [-0.25, -0.2) is 14.6 Å². The van der Waals surface area contributed by atoms with Gasteiger partial charge in [-0.3, -0.25) is 10.1 Å². The number of hydrogen-bond donors (Lipinski definition) is 1. The summed E-state index contributed by atoms with van der Waals surface area (Å²) in [6, 6.07) is 4.90. The van der Waals surface area contributed by atoms with Crippen LogP contribution >= 0.6 is 0 Å². The van der Waals surface area contributed by atoms with E-state index >= 15 is 0 Å². The van der Waals surface area contributed by atoms with Crippen molar-refractivity contribution in [1.29, 1.82) is 0 Å². The average molecular weight is 389 g/mol. The zero-order chi connectivity index (χ0) is 21.3. The molecule has 1 aromatic heterocycles. The SMILES string of the molecule is CC(C)(C)N=C(NC(C)(C)C)OC(=O)c1cc2cc([N+](=O)[O-])ccc2oc1=O. The highest BCUT2D eigenvalue weighted by molar-refractivity contribution is 5.99. The summed E-state index contributed by atoms with van der Waals surface area (Å²) >= 11 is 0. The van der Waals surface area contributed by atoms with Crippen molar-refractivity contribution in [2.45, 2.75) is 52.6 Å². The summed E-state index contributed by atoms with van der Waals surface area (Å²) in [6.07, 6.45) is 0. The van der Waals surface area contributed by atoms with E-state index in [1.807, 2.05) is 41.5 Å². The normalized spacial score (nSPS) is 12.7. The number of ether oxygens (including phenoxy) is 1. The van der Waals surface area contributed by atoms with Gasteiger partial charge in [-0.05, 0) is 53.7 Å². The lowest BCUT2D eigenvalue weighted by Gasteiger charge is -2.24. The molecule has 1 heterocycles. The van der Waals surface area contributed by atoms with Crippen molar-refractivity contribution in [3.8, 4) is 0 Å². The highest BCUT2D eigenvalue weighted by Gasteiger charge is 2.23. The summed E-state index contributed by atoms with van der Waals surface area (Å²) in [5.41, 5.74) is -2.34. The number of aliphatic imine (C=N–C) groups is 1. The van der Waals surface area contributed by atoms with E-state index in [4.69, 9.17) is 9.15 Å². The molecule has 0 aliphatic heterocycles. The Kier molecular flexibility index (Phi) is 5.58. The van der Waals surface area contributed by atoms with Crippen molar-refractivity contribution in [3.63, 3.8) is 0 Å². The van der Waals surface area contributed by atoms with Gasteiger partial charge in [0.15, 0.2) is 0 Å². The number of fused-ring (bicyclic) bond motifs is 1. The molecule has 0 amide bonds. The number of rotatable bonds is 2. The van der Waals surface area contributed by atoms with Gasteiger partial charge < -0.3 is 14.5 Å². The third-order valence-corrected chi connectivity index (χ3v) is 3.25. The highest BCUT2D eigenvalue weighted by atomic mass is 16.6. The maximum atomic E-state index is 12.6. The van der Waals surface area contributed by atoms with Gasteiger partial charge in [0.1, 0.15) is 11.1 Å². The van der Waals surface area contributed by atoms with Gasteiger partial charge in [0.25, 0.3) is 11.7 Å². The first-order valence-corrected chi connectivity index (χ1v) is 8.58. The van der Waals surface area contributed by atoms with Gasteiger partial charge in [0.2, 0.25) is 0 Å². The number of nitrogens with zero attached hydrogens (tertiary/aromatic N) is 2. The molecule has 0 fully saturated rings. The Bertz CT molecular complexity index is 1010. The first-order valence-electron chi connectivity index (χ1n) is 8.58. The minimum Gasteiger partial charge on any atom is -0.422 e. The lowest BCUT2D eigenvalue weighted by atomic mass is 10.1. The number of nitro benzene ring substituents is 1. The molecule has 150 valence electrons. The molecule has 0 aliphatic carbocycles. The van der Waals surface area contributed by atoms with Crippen LogP contribution in [0.15, 0.2) is 38.5 Å². The third kappa shape index (κ3) is 5.63. The van der Waals surface area contributed by atoms with Gasteiger partial charge in [-0.1, -0.05) is 0 Å². The minimum absolute atomic E-state index is 0.0384. The molecule has 0 saturated carbocycles. The number of esters is 1. The number of hydrogen-bond acceptors (Lipinski definition) is 7. The van der Waals surface area contributed by atoms with Gasteiger partial charge in [-0.2, -0.15) is 0 Å². The Hall–Kier alpha value is -3.23. The second-order valence-electron chi connectivity index (χ2n) is 8.28. The van der Waals surface area contributed by atoms with Crippen molar-refractivity contribution in [2.75, 3.05) is 0 Å². The van der Waals surface area contributed by atoms with E-state index in [0.717, 1.165) is 0 Å². The number of nitro groups is 1. The monoisotopic (exact) mass is 389 g/mol. The first-order chi connectivity index (χ1) is 12.7. The Morgan fingerprint density at radius 3 is 2.36 bits per heavy atom. The number of amidine groups is 1. The molecule has 0 aliphatic rings. The summed E-state index contributed by atoms with van der Waals surface area (Å²) < 4.78 is 10.4. The Morgan fingerprint density at radius 2 is 1.82 bits per heavy atom. The molecular formula is C19H23N3O6. The van der Waals surface area contributed by atoms with Gasteiger partial charge >= 0.3 is 11.6 Å². The fourth-order valence-corrected chi connectivity index (χ4v) is 2.21. The topological polar surface area (TPSA) is 124 Å². The lowest BCUT2D eigenvalue weighted by Crippen LogP contribution is -2.44. The van der Waals surface area contributed by atoms with Gasteiger partial charge in [0, 0.05) is 23.1 Å². The van der Waals surface area contributed by atoms with Crippen LogP contribution in [0, 0.1) is 10.1 Å². The van der Waals surface area contributed by atoms with E-state index in [-0.39, 0.29) is 28.2 Å². The van der Waals surface area contributed by atoms with Crippen molar-refractivity contribution in [1.82, 2.24) is 5.32 Å². The third-order valence-electron chi connectivity index (χ3n) is 3.25. The molecular weight excluding hydrogens is 366 g/mol. The largest absolute Gasteiger partial charge is 0.422 e. The molecule has 2 rings (SSSR count). The van der Waals surface area contributed by atoms with Crippen LogP contribution in [0.2, 0.25) is 0 Å². The van der Waals surface area contributed by atoms with E-state index in [0.29, 0.717) is 0 Å². The van der Waals surface area contributed by atoms with Crippen LogP contribution in [0.25, 0.3) is 11.0 Å². The molecule has 28 heavy (non-hydrogen) atoms. The number of carbonyl (C=O) groups is 1. The van der Waals surface area contributed by atoms with Gasteiger partial charge in [0.05, 0.1) is 10.5 Å². The maximum Gasteiger partial charge on any atom is 0.353 e. The van der Waals surface area contributed by atoms with Crippen molar-refractivity contribution in [3.05, 3.63) is 50.4 Å². The van der Waals surface area contributed by atoms with Crippen LogP contribution in [0.5, 0.6) is 0 Å². The maximum absolute atomic E-state index is 12.6. The zero-order valence-electron chi connectivity index (χ0n) is 16.7. The Labute approximate surface area is 161 Å². The molecule has 9 heteroatoms. The molecule has 0 saturated heterocycles. The predicted molar refractivity (Wildman–Crippen MR) is 105 cm³/mol. The lowest BCUT2D eigenvalue weighted by molar-refractivity contribution is -0.384. The van der Waals surface area contributed by atoms with E-state index in [9.17, 15) is 19.7 Å². The summed E-state index contributed by atoms with van der Waals surface area (Å²) in [4.78, 5) is 39.4. The van der Waals surface area contributed by atoms with Crippen LogP contribution in [-0.2, 0) is 4.74 Å². The van der Waals surface area contributed by atoms with Crippen LogP contribution < -0.4 is 10.9 Å². The second kappa shape index (κ2) is 7.41. The van der Waals surface area contributed by atoms with Crippen LogP contribution in [0.4, 0.5) is 5.69 Å². The van der Waals surface area contributed by atoms with Crippen molar-refractivity contribution in [2.24, 2.45) is 4.99 Å². The van der Waals surface area contributed by atoms with Crippen molar-refractivity contribution < 1.29 is 18.9 Å². The number of carbonyl (C=O) groups excluding carboxylic acids is 1. The molecule has 0 atom stereocenters. The van der Waals surface area contributed by atoms with Crippen LogP contribution in [0.3, 0.4) is 0 Å². The van der Waals surface area contributed by atoms with E-state index in [1.165, 1.54) is 24.3 Å². The first kappa shape index (κ1) is 21.1. The minimum atomic E-state index is -0.970. The number of nitrogens with one attached hydrogen (secondary N) is 1. The van der Waals surface area contributed by atoms with Crippen LogP contribution in [0.1, 0.15) is 51.9 Å². The summed E-state index contributed by atoms with van der Waals surface area (Å²) in [5.74, 6) is -0.970.